The Bertz CT molecular complexity index is 619. The standard InChI is InChI=1S/C17H17NO2/c1-20-14-8-6-13(7-9-14)12-18-11-10-17(19)15-4-2-3-5-16(15)18/h2-9H,10-12H2,1H3. The Morgan fingerprint density at radius 2 is 1.85 bits per heavy atom. The first kappa shape index (κ1) is 12.7. The van der Waals surface area contributed by atoms with E-state index in [0.29, 0.717) is 6.42 Å². The zero-order chi connectivity index (χ0) is 13.9. The van der Waals surface area contributed by atoms with Crippen molar-refractivity contribution < 1.29 is 9.53 Å². The lowest BCUT2D eigenvalue weighted by Crippen LogP contribution is -2.31. The Hall–Kier alpha value is -2.29. The first-order valence-corrected chi connectivity index (χ1v) is 6.78. The Morgan fingerprint density at radius 1 is 1.10 bits per heavy atom. The second-order valence-corrected chi connectivity index (χ2v) is 4.96. The minimum Gasteiger partial charge on any atom is -0.497 e. The fourth-order valence-corrected chi connectivity index (χ4v) is 2.59. The number of rotatable bonds is 3. The molecule has 0 saturated heterocycles. The number of methoxy groups -OCH3 is 1. The van der Waals surface area contributed by atoms with Crippen LogP contribution in [0.25, 0.3) is 0 Å². The summed E-state index contributed by atoms with van der Waals surface area (Å²) in [6.45, 7) is 1.59. The van der Waals surface area contributed by atoms with Gasteiger partial charge in [0, 0.05) is 30.8 Å². The van der Waals surface area contributed by atoms with Crippen molar-refractivity contribution in [3.8, 4) is 5.75 Å². The third-order valence-electron chi connectivity index (χ3n) is 3.69. The van der Waals surface area contributed by atoms with Crippen LogP contribution in [0, 0.1) is 0 Å². The summed E-state index contributed by atoms with van der Waals surface area (Å²) in [5.74, 6) is 1.11. The van der Waals surface area contributed by atoms with Gasteiger partial charge in [-0.15, -0.1) is 0 Å². The number of ether oxygens (including phenoxy) is 1. The summed E-state index contributed by atoms with van der Waals surface area (Å²) >= 11 is 0. The largest absolute Gasteiger partial charge is 0.497 e. The molecule has 0 aliphatic carbocycles. The molecule has 0 bridgehead atoms. The highest BCUT2D eigenvalue weighted by atomic mass is 16.5. The third kappa shape index (κ3) is 2.39. The zero-order valence-electron chi connectivity index (χ0n) is 11.5. The lowest BCUT2D eigenvalue weighted by atomic mass is 10.00. The van der Waals surface area contributed by atoms with Crippen molar-refractivity contribution in [2.75, 3.05) is 18.6 Å². The van der Waals surface area contributed by atoms with Crippen LogP contribution in [0.2, 0.25) is 0 Å². The van der Waals surface area contributed by atoms with Gasteiger partial charge in [0.25, 0.3) is 0 Å². The predicted octanol–water partition coefficient (Wildman–Crippen LogP) is 3.29. The van der Waals surface area contributed by atoms with Gasteiger partial charge < -0.3 is 9.64 Å². The van der Waals surface area contributed by atoms with Crippen LogP contribution in [0.4, 0.5) is 5.69 Å². The smallest absolute Gasteiger partial charge is 0.166 e. The molecule has 0 aromatic heterocycles. The monoisotopic (exact) mass is 267 g/mol. The van der Waals surface area contributed by atoms with Gasteiger partial charge in [-0.3, -0.25) is 4.79 Å². The molecule has 1 heterocycles. The number of carbonyl (C=O) groups excluding carboxylic acids is 1. The molecule has 2 aromatic rings. The van der Waals surface area contributed by atoms with Gasteiger partial charge in [-0.2, -0.15) is 0 Å². The summed E-state index contributed by atoms with van der Waals surface area (Å²) in [6, 6.07) is 15.9. The molecule has 0 fully saturated rings. The molecule has 3 nitrogen and oxygen atoms in total. The first-order chi connectivity index (χ1) is 9.78. The van der Waals surface area contributed by atoms with Crippen LogP contribution in [-0.4, -0.2) is 19.4 Å². The Balaban J connectivity index is 1.84. The van der Waals surface area contributed by atoms with E-state index in [1.807, 2.05) is 36.4 Å². The van der Waals surface area contributed by atoms with E-state index in [0.717, 1.165) is 30.1 Å². The molecule has 0 radical (unpaired) electrons. The van der Waals surface area contributed by atoms with Crippen LogP contribution in [0.3, 0.4) is 0 Å². The molecule has 1 aliphatic rings. The van der Waals surface area contributed by atoms with Crippen molar-refractivity contribution in [3.05, 3.63) is 59.7 Å². The van der Waals surface area contributed by atoms with Crippen molar-refractivity contribution in [1.29, 1.82) is 0 Å². The number of ketones is 1. The van der Waals surface area contributed by atoms with E-state index in [1.165, 1.54) is 5.56 Å². The fraction of sp³-hybridized carbons (Fsp3) is 0.235. The Kier molecular flexibility index (Phi) is 3.42. The van der Waals surface area contributed by atoms with Crippen molar-refractivity contribution in [2.45, 2.75) is 13.0 Å². The summed E-state index contributed by atoms with van der Waals surface area (Å²) in [5, 5.41) is 0. The molecule has 2 aromatic carbocycles. The SMILES string of the molecule is COc1ccc(CN2CCC(=O)c3ccccc32)cc1. The van der Waals surface area contributed by atoms with Gasteiger partial charge in [0.15, 0.2) is 5.78 Å². The second-order valence-electron chi connectivity index (χ2n) is 4.96. The van der Waals surface area contributed by atoms with E-state index in [-0.39, 0.29) is 5.78 Å². The number of fused-ring (bicyclic) bond motifs is 1. The molecule has 3 rings (SSSR count). The lowest BCUT2D eigenvalue weighted by molar-refractivity contribution is 0.0979. The molecule has 0 amide bonds. The maximum atomic E-state index is 11.9. The van der Waals surface area contributed by atoms with Gasteiger partial charge >= 0.3 is 0 Å². The summed E-state index contributed by atoms with van der Waals surface area (Å²) in [5.41, 5.74) is 3.10. The minimum absolute atomic E-state index is 0.242. The number of nitrogens with zero attached hydrogens (tertiary/aromatic N) is 1. The summed E-state index contributed by atoms with van der Waals surface area (Å²) in [4.78, 5) is 14.2. The van der Waals surface area contributed by atoms with E-state index in [2.05, 4.69) is 17.0 Å². The summed E-state index contributed by atoms with van der Waals surface area (Å²) < 4.78 is 5.17. The van der Waals surface area contributed by atoms with Gasteiger partial charge in [0.05, 0.1) is 7.11 Å². The number of anilines is 1. The molecule has 0 atom stereocenters. The van der Waals surface area contributed by atoms with Crippen molar-refractivity contribution in [2.24, 2.45) is 0 Å². The van der Waals surface area contributed by atoms with Gasteiger partial charge in [-0.25, -0.2) is 0 Å². The average Bonchev–Trinajstić information content (AvgIpc) is 2.51. The van der Waals surface area contributed by atoms with E-state index < -0.39 is 0 Å². The fourth-order valence-electron chi connectivity index (χ4n) is 2.59. The van der Waals surface area contributed by atoms with Crippen molar-refractivity contribution >= 4 is 11.5 Å². The molecule has 1 aliphatic heterocycles. The topological polar surface area (TPSA) is 29.5 Å². The van der Waals surface area contributed by atoms with Gasteiger partial charge in [0.1, 0.15) is 5.75 Å². The lowest BCUT2D eigenvalue weighted by Gasteiger charge is -2.30. The van der Waals surface area contributed by atoms with Crippen molar-refractivity contribution in [1.82, 2.24) is 0 Å². The molecule has 20 heavy (non-hydrogen) atoms. The predicted molar refractivity (Wildman–Crippen MR) is 79.4 cm³/mol. The van der Waals surface area contributed by atoms with Crippen molar-refractivity contribution in [3.63, 3.8) is 0 Å². The number of para-hydroxylation sites is 1. The Labute approximate surface area is 118 Å². The first-order valence-electron chi connectivity index (χ1n) is 6.78. The van der Waals surface area contributed by atoms with Crippen LogP contribution in [0.1, 0.15) is 22.3 Å². The van der Waals surface area contributed by atoms with Crippen LogP contribution in [0.15, 0.2) is 48.5 Å². The number of hydrogen-bond donors (Lipinski definition) is 0. The number of hydrogen-bond acceptors (Lipinski definition) is 3. The van der Waals surface area contributed by atoms with Crippen LogP contribution in [-0.2, 0) is 6.54 Å². The van der Waals surface area contributed by atoms with E-state index >= 15 is 0 Å². The molecular formula is C17H17NO2. The molecular weight excluding hydrogens is 250 g/mol. The number of Topliss-reactive ketones (excluding diaryl/α,β-unsaturated/α-hetero) is 1. The molecule has 0 unspecified atom stereocenters. The van der Waals surface area contributed by atoms with Gasteiger partial charge in [-0.05, 0) is 29.8 Å². The molecule has 102 valence electrons. The highest BCUT2D eigenvalue weighted by Crippen LogP contribution is 2.28. The Morgan fingerprint density at radius 3 is 2.60 bits per heavy atom. The summed E-state index contributed by atoms with van der Waals surface area (Å²) in [6.07, 6.45) is 0.590. The van der Waals surface area contributed by atoms with E-state index in [1.54, 1.807) is 7.11 Å². The highest BCUT2D eigenvalue weighted by molar-refractivity contribution is 6.03. The maximum absolute atomic E-state index is 11.9. The number of carbonyl (C=O) groups is 1. The van der Waals surface area contributed by atoms with Crippen LogP contribution >= 0.6 is 0 Å². The molecule has 0 spiro atoms. The normalized spacial score (nSPS) is 14.1. The zero-order valence-corrected chi connectivity index (χ0v) is 11.5. The quantitative estimate of drug-likeness (QED) is 0.854. The minimum atomic E-state index is 0.242. The van der Waals surface area contributed by atoms with Crippen LogP contribution in [0.5, 0.6) is 5.75 Å². The van der Waals surface area contributed by atoms with Gasteiger partial charge in [0.2, 0.25) is 0 Å². The van der Waals surface area contributed by atoms with E-state index in [4.69, 9.17) is 4.74 Å². The number of benzene rings is 2. The van der Waals surface area contributed by atoms with Gasteiger partial charge in [-0.1, -0.05) is 24.3 Å². The molecule has 3 heteroatoms. The summed E-state index contributed by atoms with van der Waals surface area (Å²) in [7, 11) is 1.67. The third-order valence-corrected chi connectivity index (χ3v) is 3.69. The van der Waals surface area contributed by atoms with Crippen LogP contribution < -0.4 is 9.64 Å². The second kappa shape index (κ2) is 5.37. The average molecular weight is 267 g/mol. The molecule has 0 saturated carbocycles. The van der Waals surface area contributed by atoms with E-state index in [9.17, 15) is 4.79 Å². The maximum Gasteiger partial charge on any atom is 0.166 e. The highest BCUT2D eigenvalue weighted by Gasteiger charge is 2.22. The molecule has 0 N–H and O–H groups in total.